The molecule has 1 heterocycles. The van der Waals surface area contributed by atoms with E-state index in [0.29, 0.717) is 0 Å². The lowest BCUT2D eigenvalue weighted by molar-refractivity contribution is 0.750. The summed E-state index contributed by atoms with van der Waals surface area (Å²) < 4.78 is 0. The Morgan fingerprint density at radius 2 is 1.91 bits per heavy atom. The van der Waals surface area contributed by atoms with Crippen molar-refractivity contribution in [1.82, 2.24) is 9.97 Å². The van der Waals surface area contributed by atoms with E-state index < -0.39 is 0 Å². The molecule has 0 saturated carbocycles. The molecule has 1 rings (SSSR count). The fourth-order valence-corrected chi connectivity index (χ4v) is 0.883. The highest BCUT2D eigenvalue weighted by atomic mass is 14.9. The fraction of sp³-hybridized carbons (Fsp3) is 0.556. The van der Waals surface area contributed by atoms with E-state index in [4.69, 9.17) is 0 Å². The maximum Gasteiger partial charge on any atom is 0.128 e. The van der Waals surface area contributed by atoms with Gasteiger partial charge in [0.15, 0.2) is 0 Å². The van der Waals surface area contributed by atoms with E-state index in [2.05, 4.69) is 16.9 Å². The fourth-order valence-electron chi connectivity index (χ4n) is 0.883. The van der Waals surface area contributed by atoms with Crippen LogP contribution in [0.5, 0.6) is 0 Å². The molecule has 0 fully saturated rings. The molecule has 0 bridgehead atoms. The quantitative estimate of drug-likeness (QED) is 0.659. The van der Waals surface area contributed by atoms with Gasteiger partial charge >= 0.3 is 0 Å². The van der Waals surface area contributed by atoms with Crippen molar-refractivity contribution < 1.29 is 0 Å². The Morgan fingerprint density at radius 3 is 2.45 bits per heavy atom. The number of hydrogen-bond donors (Lipinski definition) is 0. The standard InChI is InChI=1S/C9H14N2/c1-3-4-5-9-10-6-8(2)7-11-9/h6-7H,3-5H2,1-2H3. The molecule has 0 amide bonds. The van der Waals surface area contributed by atoms with Gasteiger partial charge in [0.2, 0.25) is 0 Å². The van der Waals surface area contributed by atoms with Crippen molar-refractivity contribution in [3.8, 4) is 0 Å². The van der Waals surface area contributed by atoms with Crippen molar-refractivity contribution in [2.24, 2.45) is 0 Å². The van der Waals surface area contributed by atoms with Gasteiger partial charge in [-0.25, -0.2) is 9.97 Å². The van der Waals surface area contributed by atoms with E-state index in [0.717, 1.165) is 17.8 Å². The molecule has 1 aromatic rings. The van der Waals surface area contributed by atoms with E-state index >= 15 is 0 Å². The number of aryl methyl sites for hydroxylation is 2. The molecule has 11 heavy (non-hydrogen) atoms. The molecule has 0 aliphatic rings. The highest BCUT2D eigenvalue weighted by molar-refractivity contribution is 5.01. The van der Waals surface area contributed by atoms with Crippen LogP contribution in [-0.4, -0.2) is 9.97 Å². The first-order valence-electron chi connectivity index (χ1n) is 4.10. The maximum atomic E-state index is 4.20. The third kappa shape index (κ3) is 2.66. The Kier molecular flexibility index (Phi) is 3.02. The van der Waals surface area contributed by atoms with Crippen LogP contribution in [0.3, 0.4) is 0 Å². The normalized spacial score (nSPS) is 10.0. The van der Waals surface area contributed by atoms with Gasteiger partial charge in [0.05, 0.1) is 0 Å². The summed E-state index contributed by atoms with van der Waals surface area (Å²) in [5.41, 5.74) is 1.13. The van der Waals surface area contributed by atoms with E-state index in [-0.39, 0.29) is 0 Å². The largest absolute Gasteiger partial charge is 0.241 e. The molecule has 0 aromatic carbocycles. The Morgan fingerprint density at radius 1 is 1.27 bits per heavy atom. The van der Waals surface area contributed by atoms with E-state index in [1.807, 2.05) is 19.3 Å². The average Bonchev–Trinajstić information content (AvgIpc) is 2.04. The lowest BCUT2D eigenvalue weighted by Crippen LogP contribution is -1.93. The number of unbranched alkanes of at least 4 members (excludes halogenated alkanes) is 1. The topological polar surface area (TPSA) is 25.8 Å². The van der Waals surface area contributed by atoms with Gasteiger partial charge in [0.25, 0.3) is 0 Å². The van der Waals surface area contributed by atoms with Crippen LogP contribution in [0.2, 0.25) is 0 Å². The van der Waals surface area contributed by atoms with Crippen molar-refractivity contribution in [3.05, 3.63) is 23.8 Å². The number of rotatable bonds is 3. The summed E-state index contributed by atoms with van der Waals surface area (Å²) in [6.07, 6.45) is 7.15. The minimum Gasteiger partial charge on any atom is -0.241 e. The van der Waals surface area contributed by atoms with Crippen molar-refractivity contribution in [2.75, 3.05) is 0 Å². The molecule has 0 spiro atoms. The highest BCUT2D eigenvalue weighted by Gasteiger charge is 1.93. The minimum absolute atomic E-state index is 0.970. The highest BCUT2D eigenvalue weighted by Crippen LogP contribution is 1.98. The van der Waals surface area contributed by atoms with Gasteiger partial charge < -0.3 is 0 Å². The van der Waals surface area contributed by atoms with Crippen molar-refractivity contribution in [2.45, 2.75) is 33.1 Å². The van der Waals surface area contributed by atoms with Crippen molar-refractivity contribution in [3.63, 3.8) is 0 Å². The Balaban J connectivity index is 2.52. The van der Waals surface area contributed by atoms with Gasteiger partial charge in [-0.2, -0.15) is 0 Å². The molecule has 0 atom stereocenters. The minimum atomic E-state index is 0.970. The van der Waals surface area contributed by atoms with Gasteiger partial charge in [-0.3, -0.25) is 0 Å². The Labute approximate surface area is 67.7 Å². The van der Waals surface area contributed by atoms with E-state index in [9.17, 15) is 0 Å². The van der Waals surface area contributed by atoms with Crippen LogP contribution in [0.4, 0.5) is 0 Å². The lowest BCUT2D eigenvalue weighted by Gasteiger charge is -1.96. The van der Waals surface area contributed by atoms with Crippen LogP contribution < -0.4 is 0 Å². The first-order chi connectivity index (χ1) is 5.33. The van der Waals surface area contributed by atoms with Gasteiger partial charge in [-0.15, -0.1) is 0 Å². The predicted octanol–water partition coefficient (Wildman–Crippen LogP) is 2.13. The summed E-state index contributed by atoms with van der Waals surface area (Å²) in [5.74, 6) is 0.970. The SMILES string of the molecule is CCCCc1ncc(C)cn1. The molecular formula is C9H14N2. The summed E-state index contributed by atoms with van der Waals surface area (Å²) in [6, 6.07) is 0. The summed E-state index contributed by atoms with van der Waals surface area (Å²) in [4.78, 5) is 8.41. The molecule has 1 aromatic heterocycles. The van der Waals surface area contributed by atoms with E-state index in [1.54, 1.807) is 0 Å². The van der Waals surface area contributed by atoms with Gasteiger partial charge in [0, 0.05) is 18.8 Å². The molecule has 0 aliphatic carbocycles. The van der Waals surface area contributed by atoms with Crippen LogP contribution in [0, 0.1) is 6.92 Å². The smallest absolute Gasteiger partial charge is 0.128 e. The number of nitrogens with zero attached hydrogens (tertiary/aromatic N) is 2. The molecule has 2 heteroatoms. The summed E-state index contributed by atoms with van der Waals surface area (Å²) in [6.45, 7) is 4.18. The summed E-state index contributed by atoms with van der Waals surface area (Å²) in [5, 5.41) is 0. The zero-order chi connectivity index (χ0) is 8.10. The van der Waals surface area contributed by atoms with Crippen LogP contribution in [0.25, 0.3) is 0 Å². The molecule has 0 unspecified atom stereocenters. The second-order valence-corrected chi connectivity index (χ2v) is 2.78. The van der Waals surface area contributed by atoms with Gasteiger partial charge in [-0.05, 0) is 18.9 Å². The number of aromatic nitrogens is 2. The Hall–Kier alpha value is -0.920. The third-order valence-electron chi connectivity index (χ3n) is 1.59. The molecule has 0 N–H and O–H groups in total. The van der Waals surface area contributed by atoms with Crippen LogP contribution >= 0.6 is 0 Å². The first-order valence-corrected chi connectivity index (χ1v) is 4.10. The van der Waals surface area contributed by atoms with Gasteiger partial charge in [-0.1, -0.05) is 13.3 Å². The second kappa shape index (κ2) is 4.06. The summed E-state index contributed by atoms with van der Waals surface area (Å²) >= 11 is 0. The van der Waals surface area contributed by atoms with Crippen LogP contribution in [-0.2, 0) is 6.42 Å². The molecule has 60 valence electrons. The summed E-state index contributed by atoms with van der Waals surface area (Å²) in [7, 11) is 0. The monoisotopic (exact) mass is 150 g/mol. The Bertz CT molecular complexity index is 203. The molecule has 0 saturated heterocycles. The zero-order valence-electron chi connectivity index (χ0n) is 7.17. The molecule has 0 radical (unpaired) electrons. The second-order valence-electron chi connectivity index (χ2n) is 2.78. The predicted molar refractivity (Wildman–Crippen MR) is 45.4 cm³/mol. The van der Waals surface area contributed by atoms with E-state index in [1.165, 1.54) is 12.8 Å². The first kappa shape index (κ1) is 8.18. The zero-order valence-corrected chi connectivity index (χ0v) is 7.17. The maximum absolute atomic E-state index is 4.20. The van der Waals surface area contributed by atoms with Crippen LogP contribution in [0.1, 0.15) is 31.2 Å². The molecule has 0 aliphatic heterocycles. The van der Waals surface area contributed by atoms with Crippen molar-refractivity contribution >= 4 is 0 Å². The van der Waals surface area contributed by atoms with Gasteiger partial charge in [0.1, 0.15) is 5.82 Å². The third-order valence-corrected chi connectivity index (χ3v) is 1.59. The van der Waals surface area contributed by atoms with Crippen LogP contribution in [0.15, 0.2) is 12.4 Å². The molecule has 2 nitrogen and oxygen atoms in total. The van der Waals surface area contributed by atoms with Crippen molar-refractivity contribution in [1.29, 1.82) is 0 Å². The lowest BCUT2D eigenvalue weighted by atomic mass is 10.2. The average molecular weight is 150 g/mol. The molecular weight excluding hydrogens is 136 g/mol. The number of hydrogen-bond acceptors (Lipinski definition) is 2.